The molecule has 0 amide bonds. The van der Waals surface area contributed by atoms with Crippen LogP contribution in [0.1, 0.15) is 5.56 Å². The Kier molecular flexibility index (Phi) is 3.57. The molecule has 4 nitrogen and oxygen atoms in total. The third-order valence-corrected chi connectivity index (χ3v) is 5.22. The van der Waals surface area contributed by atoms with Gasteiger partial charge in [-0.2, -0.15) is 0 Å². The van der Waals surface area contributed by atoms with Gasteiger partial charge in [0.1, 0.15) is 0 Å². The number of fused-ring (bicyclic) bond motifs is 1. The van der Waals surface area contributed by atoms with Crippen LogP contribution < -0.4 is 10.5 Å². The van der Waals surface area contributed by atoms with Crippen LogP contribution in [0.5, 0.6) is 0 Å². The van der Waals surface area contributed by atoms with Gasteiger partial charge in [0.2, 0.25) is 10.0 Å². The molecule has 6 heteroatoms. The first kappa shape index (κ1) is 13.9. The van der Waals surface area contributed by atoms with E-state index in [0.717, 1.165) is 10.1 Å². The van der Waals surface area contributed by atoms with E-state index < -0.39 is 10.0 Å². The van der Waals surface area contributed by atoms with Crippen LogP contribution in [-0.2, 0) is 15.8 Å². The van der Waals surface area contributed by atoms with Gasteiger partial charge in [0.05, 0.1) is 5.75 Å². The largest absolute Gasteiger partial charge is 0.399 e. The molecule has 108 valence electrons. The maximum Gasteiger partial charge on any atom is 0.236 e. The monoisotopic (exact) mass is 318 g/mol. The van der Waals surface area contributed by atoms with E-state index in [2.05, 4.69) is 4.72 Å². The van der Waals surface area contributed by atoms with E-state index in [-0.39, 0.29) is 5.75 Å². The van der Waals surface area contributed by atoms with E-state index in [0.29, 0.717) is 16.9 Å². The van der Waals surface area contributed by atoms with Crippen LogP contribution in [0.25, 0.3) is 10.1 Å². The molecule has 0 aliphatic carbocycles. The molecule has 0 saturated heterocycles. The van der Waals surface area contributed by atoms with Crippen LogP contribution in [0.2, 0.25) is 0 Å². The lowest BCUT2D eigenvalue weighted by Gasteiger charge is -2.08. The number of nitrogens with one attached hydrogen (secondary N) is 1. The van der Waals surface area contributed by atoms with Crippen molar-refractivity contribution in [1.82, 2.24) is 0 Å². The molecule has 0 atom stereocenters. The second-order valence-corrected chi connectivity index (χ2v) is 7.45. The fraction of sp³-hybridized carbons (Fsp3) is 0.0667. The molecule has 0 saturated carbocycles. The first-order valence-corrected chi connectivity index (χ1v) is 8.87. The van der Waals surface area contributed by atoms with Gasteiger partial charge in [-0.15, -0.1) is 11.3 Å². The number of benzene rings is 2. The molecule has 21 heavy (non-hydrogen) atoms. The minimum Gasteiger partial charge on any atom is -0.399 e. The van der Waals surface area contributed by atoms with Crippen molar-refractivity contribution < 1.29 is 8.42 Å². The van der Waals surface area contributed by atoms with Crippen LogP contribution in [0.3, 0.4) is 0 Å². The van der Waals surface area contributed by atoms with Gasteiger partial charge in [0, 0.05) is 16.1 Å². The molecule has 0 aliphatic rings. The van der Waals surface area contributed by atoms with E-state index in [4.69, 9.17) is 5.73 Å². The number of nitrogen functional groups attached to an aromatic ring is 1. The van der Waals surface area contributed by atoms with E-state index >= 15 is 0 Å². The summed E-state index contributed by atoms with van der Waals surface area (Å²) in [7, 11) is -3.44. The quantitative estimate of drug-likeness (QED) is 0.724. The van der Waals surface area contributed by atoms with E-state index in [9.17, 15) is 8.42 Å². The Bertz CT molecular complexity index is 868. The molecule has 3 aromatic rings. The Morgan fingerprint density at radius 3 is 2.57 bits per heavy atom. The fourth-order valence-corrected chi connectivity index (χ4v) is 4.04. The normalized spacial score (nSPS) is 11.6. The van der Waals surface area contributed by atoms with Crippen molar-refractivity contribution in [3.8, 4) is 0 Å². The third kappa shape index (κ3) is 3.34. The predicted octanol–water partition coefficient (Wildman–Crippen LogP) is 3.43. The molecule has 3 rings (SSSR count). The first-order chi connectivity index (χ1) is 10.0. The topological polar surface area (TPSA) is 72.2 Å². The zero-order valence-electron chi connectivity index (χ0n) is 11.1. The third-order valence-electron chi connectivity index (χ3n) is 3.06. The van der Waals surface area contributed by atoms with Crippen LogP contribution in [-0.4, -0.2) is 8.42 Å². The highest BCUT2D eigenvalue weighted by Crippen LogP contribution is 2.25. The molecular weight excluding hydrogens is 304 g/mol. The van der Waals surface area contributed by atoms with E-state index in [1.54, 1.807) is 41.7 Å². The average molecular weight is 318 g/mol. The predicted molar refractivity (Wildman–Crippen MR) is 88.9 cm³/mol. The molecule has 1 aromatic heterocycles. The van der Waals surface area contributed by atoms with Gasteiger partial charge >= 0.3 is 0 Å². The summed E-state index contributed by atoms with van der Waals surface area (Å²) in [6.45, 7) is 0. The summed E-state index contributed by atoms with van der Waals surface area (Å²) in [6, 6.07) is 14.3. The number of sulfonamides is 1. The van der Waals surface area contributed by atoms with Crippen molar-refractivity contribution in [2.75, 3.05) is 10.5 Å². The number of rotatable bonds is 4. The summed E-state index contributed by atoms with van der Waals surface area (Å²) >= 11 is 1.63. The van der Waals surface area contributed by atoms with Gasteiger partial charge in [-0.3, -0.25) is 4.72 Å². The summed E-state index contributed by atoms with van der Waals surface area (Å²) in [5.74, 6) is -0.0745. The number of thiophene rings is 1. The molecule has 0 unspecified atom stereocenters. The summed E-state index contributed by atoms with van der Waals surface area (Å²) in [5.41, 5.74) is 7.49. The second-order valence-electron chi connectivity index (χ2n) is 4.78. The van der Waals surface area contributed by atoms with Gasteiger partial charge in [0.25, 0.3) is 0 Å². The van der Waals surface area contributed by atoms with E-state index in [1.807, 2.05) is 23.6 Å². The van der Waals surface area contributed by atoms with Crippen molar-refractivity contribution in [1.29, 1.82) is 0 Å². The molecule has 2 aromatic carbocycles. The summed E-state index contributed by atoms with van der Waals surface area (Å²) < 4.78 is 28.1. The average Bonchev–Trinajstić information content (AvgIpc) is 2.88. The first-order valence-electron chi connectivity index (χ1n) is 6.34. The standard InChI is InChI=1S/C15H14N2O2S2/c16-13-3-1-11(2-4-13)10-21(18,19)17-14-5-6-15-12(9-14)7-8-20-15/h1-9,17H,10,16H2. The Labute approximate surface area is 127 Å². The Morgan fingerprint density at radius 2 is 1.81 bits per heavy atom. The minimum atomic E-state index is -3.44. The highest BCUT2D eigenvalue weighted by atomic mass is 32.2. The number of hydrogen-bond acceptors (Lipinski definition) is 4. The lowest BCUT2D eigenvalue weighted by Crippen LogP contribution is -2.15. The lowest BCUT2D eigenvalue weighted by molar-refractivity contribution is 0.600. The Morgan fingerprint density at radius 1 is 1.05 bits per heavy atom. The van der Waals surface area contributed by atoms with Crippen LogP contribution in [0.4, 0.5) is 11.4 Å². The van der Waals surface area contributed by atoms with Gasteiger partial charge in [0.15, 0.2) is 0 Å². The summed E-state index contributed by atoms with van der Waals surface area (Å²) in [4.78, 5) is 0. The smallest absolute Gasteiger partial charge is 0.236 e. The maximum absolute atomic E-state index is 12.2. The van der Waals surface area contributed by atoms with Crippen LogP contribution >= 0.6 is 11.3 Å². The molecular formula is C15H14N2O2S2. The number of hydrogen-bond donors (Lipinski definition) is 2. The summed E-state index contributed by atoms with van der Waals surface area (Å²) in [5, 5.41) is 3.02. The molecule has 0 aliphatic heterocycles. The minimum absolute atomic E-state index is 0.0745. The van der Waals surface area contributed by atoms with Gasteiger partial charge < -0.3 is 5.73 Å². The zero-order chi connectivity index (χ0) is 14.9. The zero-order valence-corrected chi connectivity index (χ0v) is 12.7. The van der Waals surface area contributed by atoms with E-state index in [1.165, 1.54) is 0 Å². The molecule has 0 spiro atoms. The SMILES string of the molecule is Nc1ccc(CS(=O)(=O)Nc2ccc3sccc3c2)cc1. The molecule has 0 fully saturated rings. The van der Waals surface area contributed by atoms with Crippen LogP contribution in [0, 0.1) is 0 Å². The van der Waals surface area contributed by atoms with Crippen molar-refractivity contribution in [3.63, 3.8) is 0 Å². The number of nitrogens with two attached hydrogens (primary N) is 1. The maximum atomic E-state index is 12.2. The van der Waals surface area contributed by atoms with Gasteiger partial charge in [-0.05, 0) is 52.7 Å². The Hall–Kier alpha value is -2.05. The fourth-order valence-electron chi connectivity index (χ4n) is 2.08. The highest BCUT2D eigenvalue weighted by molar-refractivity contribution is 7.91. The van der Waals surface area contributed by atoms with Crippen LogP contribution in [0.15, 0.2) is 53.9 Å². The van der Waals surface area contributed by atoms with Gasteiger partial charge in [-0.1, -0.05) is 12.1 Å². The lowest BCUT2D eigenvalue weighted by atomic mass is 10.2. The van der Waals surface area contributed by atoms with Gasteiger partial charge in [-0.25, -0.2) is 8.42 Å². The van der Waals surface area contributed by atoms with Crippen molar-refractivity contribution in [2.45, 2.75) is 5.75 Å². The van der Waals surface area contributed by atoms with Crippen molar-refractivity contribution in [2.24, 2.45) is 0 Å². The molecule has 0 bridgehead atoms. The molecule has 1 heterocycles. The van der Waals surface area contributed by atoms with Crippen molar-refractivity contribution >= 4 is 42.8 Å². The summed E-state index contributed by atoms with van der Waals surface area (Å²) in [6.07, 6.45) is 0. The second kappa shape index (κ2) is 5.38. The molecule has 0 radical (unpaired) electrons. The van der Waals surface area contributed by atoms with Crippen molar-refractivity contribution in [3.05, 3.63) is 59.5 Å². The highest BCUT2D eigenvalue weighted by Gasteiger charge is 2.12. The Balaban J connectivity index is 1.80. The molecule has 3 N–H and O–H groups in total. The number of anilines is 2.